The third-order valence-electron chi connectivity index (χ3n) is 3.85. The van der Waals surface area contributed by atoms with Gasteiger partial charge in [0, 0.05) is 29.5 Å². The van der Waals surface area contributed by atoms with Crippen molar-refractivity contribution in [3.05, 3.63) is 53.4 Å². The van der Waals surface area contributed by atoms with Crippen LogP contribution in [0.5, 0.6) is 5.75 Å². The minimum Gasteiger partial charge on any atom is -0.508 e. The Morgan fingerprint density at radius 1 is 1.28 bits per heavy atom. The lowest BCUT2D eigenvalue weighted by atomic mass is 10.0. The van der Waals surface area contributed by atoms with Crippen LogP contribution in [0.15, 0.2) is 42.2 Å². The highest BCUT2D eigenvalue weighted by Gasteiger charge is 2.31. The molecule has 1 amide bonds. The van der Waals surface area contributed by atoms with Gasteiger partial charge in [-0.1, -0.05) is 0 Å². The number of phenolic OH excluding ortho intramolecular Hbond substituents is 1. The Morgan fingerprint density at radius 2 is 1.96 bits per heavy atom. The molecule has 25 heavy (non-hydrogen) atoms. The van der Waals surface area contributed by atoms with Crippen LogP contribution >= 0.6 is 0 Å². The number of nitrogens with one attached hydrogen (secondary N) is 1. The van der Waals surface area contributed by atoms with Crippen molar-refractivity contribution in [3.63, 3.8) is 0 Å². The van der Waals surface area contributed by atoms with Crippen molar-refractivity contribution >= 4 is 5.91 Å². The number of halogens is 3. The van der Waals surface area contributed by atoms with E-state index in [0.29, 0.717) is 12.2 Å². The molecule has 2 rings (SSSR count). The maximum absolute atomic E-state index is 12.7. The van der Waals surface area contributed by atoms with Crippen molar-refractivity contribution in [2.45, 2.75) is 38.9 Å². The van der Waals surface area contributed by atoms with Crippen LogP contribution in [0.2, 0.25) is 0 Å². The normalized spacial score (nSPS) is 15.1. The molecule has 1 aliphatic rings. The Kier molecular flexibility index (Phi) is 5.15. The standard InChI is InChI=1S/C18H21F3N2O2/c1-17(2,3)23-8-6-14(7-9-23)22-16(25)11-12-10-13(18(19,20)21)4-5-15(12)24/h4-8,10,24H,9,11H2,1-3H3,(H,22,25). The lowest BCUT2D eigenvalue weighted by Gasteiger charge is -2.35. The van der Waals surface area contributed by atoms with Crippen molar-refractivity contribution in [2.75, 3.05) is 6.54 Å². The first-order valence-electron chi connectivity index (χ1n) is 7.81. The van der Waals surface area contributed by atoms with Crippen molar-refractivity contribution < 1.29 is 23.1 Å². The summed E-state index contributed by atoms with van der Waals surface area (Å²) in [6.45, 7) is 6.80. The number of hydrogen-bond acceptors (Lipinski definition) is 3. The van der Waals surface area contributed by atoms with Crippen LogP contribution in [0.4, 0.5) is 13.2 Å². The Labute approximate surface area is 144 Å². The molecule has 0 bridgehead atoms. The fourth-order valence-corrected chi connectivity index (χ4v) is 2.37. The van der Waals surface area contributed by atoms with Gasteiger partial charge >= 0.3 is 6.18 Å². The summed E-state index contributed by atoms with van der Waals surface area (Å²) >= 11 is 0. The van der Waals surface area contributed by atoms with Gasteiger partial charge in [0.05, 0.1) is 12.0 Å². The summed E-state index contributed by atoms with van der Waals surface area (Å²) in [4.78, 5) is 14.2. The highest BCUT2D eigenvalue weighted by atomic mass is 19.4. The number of hydrogen-bond donors (Lipinski definition) is 2. The number of phenols is 1. The van der Waals surface area contributed by atoms with Crippen molar-refractivity contribution in [1.82, 2.24) is 10.2 Å². The molecule has 0 aliphatic carbocycles. The zero-order chi connectivity index (χ0) is 18.8. The number of amides is 1. The number of aromatic hydroxyl groups is 1. The van der Waals surface area contributed by atoms with Gasteiger partial charge in [-0.15, -0.1) is 0 Å². The number of carbonyl (C=O) groups excluding carboxylic acids is 1. The predicted molar refractivity (Wildman–Crippen MR) is 88.6 cm³/mol. The fraction of sp³-hybridized carbons (Fsp3) is 0.389. The molecule has 0 atom stereocenters. The summed E-state index contributed by atoms with van der Waals surface area (Å²) in [6, 6.07) is 2.53. The predicted octanol–water partition coefficient (Wildman–Crippen LogP) is 3.58. The number of rotatable bonds is 3. The maximum atomic E-state index is 12.7. The minimum atomic E-state index is -4.52. The topological polar surface area (TPSA) is 52.6 Å². The summed E-state index contributed by atoms with van der Waals surface area (Å²) in [5, 5.41) is 12.3. The summed E-state index contributed by atoms with van der Waals surface area (Å²) in [5.74, 6) is -0.829. The van der Waals surface area contributed by atoms with Gasteiger partial charge in [-0.2, -0.15) is 13.2 Å². The monoisotopic (exact) mass is 354 g/mol. The van der Waals surface area contributed by atoms with Crippen LogP contribution in [-0.4, -0.2) is 28.0 Å². The lowest BCUT2D eigenvalue weighted by Crippen LogP contribution is -2.39. The zero-order valence-electron chi connectivity index (χ0n) is 14.3. The van der Waals surface area contributed by atoms with Crippen LogP contribution in [0, 0.1) is 0 Å². The van der Waals surface area contributed by atoms with Gasteiger partial charge in [0.1, 0.15) is 5.75 Å². The van der Waals surface area contributed by atoms with Gasteiger partial charge in [0.15, 0.2) is 0 Å². The van der Waals surface area contributed by atoms with Gasteiger partial charge in [0.25, 0.3) is 0 Å². The number of benzene rings is 1. The molecule has 0 unspecified atom stereocenters. The number of allylic oxidation sites excluding steroid dienone is 1. The second kappa shape index (κ2) is 6.82. The molecule has 7 heteroatoms. The molecule has 0 fully saturated rings. The van der Waals surface area contributed by atoms with E-state index < -0.39 is 17.6 Å². The van der Waals surface area contributed by atoms with Gasteiger partial charge in [-0.05, 0) is 51.1 Å². The van der Waals surface area contributed by atoms with Crippen LogP contribution < -0.4 is 5.32 Å². The number of nitrogens with zero attached hydrogens (tertiary/aromatic N) is 1. The van der Waals surface area contributed by atoms with E-state index in [2.05, 4.69) is 31.0 Å². The first-order valence-corrected chi connectivity index (χ1v) is 7.81. The summed E-state index contributed by atoms with van der Waals surface area (Å²) in [5.41, 5.74) is -0.432. The first-order chi connectivity index (χ1) is 11.5. The first kappa shape index (κ1) is 18.9. The van der Waals surface area contributed by atoms with Crippen LogP contribution in [-0.2, 0) is 17.4 Å². The van der Waals surface area contributed by atoms with Crippen molar-refractivity contribution in [3.8, 4) is 5.75 Å². The second-order valence-electron chi connectivity index (χ2n) is 6.86. The third kappa shape index (κ3) is 5.01. The summed E-state index contributed by atoms with van der Waals surface area (Å²) in [7, 11) is 0. The molecule has 2 N–H and O–H groups in total. The molecule has 0 spiro atoms. The molecule has 1 aliphatic heterocycles. The SMILES string of the molecule is CC(C)(C)N1C=CC(NC(=O)Cc2cc(C(F)(F)F)ccc2O)=CC1. The van der Waals surface area contributed by atoms with Crippen LogP contribution in [0.3, 0.4) is 0 Å². The molecule has 4 nitrogen and oxygen atoms in total. The second-order valence-corrected chi connectivity index (χ2v) is 6.86. The highest BCUT2D eigenvalue weighted by molar-refractivity contribution is 5.81. The molecule has 136 valence electrons. The molecule has 0 saturated carbocycles. The van der Waals surface area contributed by atoms with E-state index in [1.807, 2.05) is 12.3 Å². The Balaban J connectivity index is 2.02. The number of alkyl halides is 3. The molecular formula is C18H21F3N2O2. The Morgan fingerprint density at radius 3 is 2.48 bits per heavy atom. The average Bonchev–Trinajstić information content (AvgIpc) is 2.48. The minimum absolute atomic E-state index is 0.0492. The van der Waals surface area contributed by atoms with E-state index in [0.717, 1.165) is 18.2 Å². The smallest absolute Gasteiger partial charge is 0.416 e. The van der Waals surface area contributed by atoms with Crippen molar-refractivity contribution in [2.24, 2.45) is 0 Å². The molecule has 0 radical (unpaired) electrons. The quantitative estimate of drug-likeness (QED) is 0.872. The van der Waals surface area contributed by atoms with E-state index in [-0.39, 0.29) is 23.3 Å². The molecule has 1 heterocycles. The maximum Gasteiger partial charge on any atom is 0.416 e. The molecule has 1 aromatic carbocycles. The lowest BCUT2D eigenvalue weighted by molar-refractivity contribution is -0.137. The molecule has 1 aromatic rings. The van der Waals surface area contributed by atoms with Gasteiger partial charge in [-0.3, -0.25) is 4.79 Å². The average molecular weight is 354 g/mol. The highest BCUT2D eigenvalue weighted by Crippen LogP contribution is 2.32. The Bertz CT molecular complexity index is 716. The van der Waals surface area contributed by atoms with E-state index in [1.165, 1.54) is 0 Å². The van der Waals surface area contributed by atoms with E-state index in [1.54, 1.807) is 6.08 Å². The molecular weight excluding hydrogens is 333 g/mol. The van der Waals surface area contributed by atoms with E-state index >= 15 is 0 Å². The fourth-order valence-electron chi connectivity index (χ4n) is 2.37. The number of carbonyl (C=O) groups is 1. The molecule has 0 saturated heterocycles. The molecule has 0 aromatic heterocycles. The van der Waals surface area contributed by atoms with E-state index in [9.17, 15) is 23.1 Å². The van der Waals surface area contributed by atoms with Crippen LogP contribution in [0.1, 0.15) is 31.9 Å². The Hall–Kier alpha value is -2.44. The van der Waals surface area contributed by atoms with Gasteiger partial charge in [0.2, 0.25) is 5.91 Å². The largest absolute Gasteiger partial charge is 0.508 e. The van der Waals surface area contributed by atoms with Crippen molar-refractivity contribution in [1.29, 1.82) is 0 Å². The van der Waals surface area contributed by atoms with E-state index in [4.69, 9.17) is 0 Å². The van der Waals surface area contributed by atoms with Gasteiger partial charge in [-0.25, -0.2) is 0 Å². The summed E-state index contributed by atoms with van der Waals surface area (Å²) < 4.78 is 38.2. The zero-order valence-corrected chi connectivity index (χ0v) is 14.3. The third-order valence-corrected chi connectivity index (χ3v) is 3.85. The van der Waals surface area contributed by atoms with Gasteiger partial charge < -0.3 is 15.3 Å². The van der Waals surface area contributed by atoms with Crippen LogP contribution in [0.25, 0.3) is 0 Å². The summed E-state index contributed by atoms with van der Waals surface area (Å²) in [6.07, 6.45) is 0.555.